The summed E-state index contributed by atoms with van der Waals surface area (Å²) in [6, 6.07) is 13.0. The number of ether oxygens (including phenoxy) is 1. The van der Waals surface area contributed by atoms with E-state index in [0.29, 0.717) is 31.3 Å². The molecule has 0 aromatic heterocycles. The van der Waals surface area contributed by atoms with Gasteiger partial charge in [-0.25, -0.2) is 0 Å². The van der Waals surface area contributed by atoms with E-state index in [1.165, 1.54) is 12.1 Å². The zero-order valence-corrected chi connectivity index (χ0v) is 20.3. The molecule has 3 N–H and O–H groups in total. The normalized spacial score (nSPS) is 15.2. The lowest BCUT2D eigenvalue weighted by Gasteiger charge is -2.36. The van der Waals surface area contributed by atoms with Crippen molar-refractivity contribution >= 4 is 41.3 Å². The third kappa shape index (κ3) is 7.73. The van der Waals surface area contributed by atoms with Crippen molar-refractivity contribution in [3.63, 3.8) is 0 Å². The van der Waals surface area contributed by atoms with Gasteiger partial charge >= 0.3 is 6.18 Å². The fourth-order valence-electron chi connectivity index (χ4n) is 3.49. The highest BCUT2D eigenvalue weighted by molar-refractivity contribution is 14.0. The van der Waals surface area contributed by atoms with E-state index < -0.39 is 11.7 Å². The second-order valence-electron chi connectivity index (χ2n) is 7.35. The van der Waals surface area contributed by atoms with Gasteiger partial charge in [0.2, 0.25) is 0 Å². The van der Waals surface area contributed by atoms with E-state index in [1.807, 2.05) is 29.2 Å². The van der Waals surface area contributed by atoms with Gasteiger partial charge in [-0.15, -0.1) is 24.0 Å². The Hall–Kier alpha value is -2.21. The highest BCUT2D eigenvalue weighted by atomic mass is 127. The molecule has 32 heavy (non-hydrogen) atoms. The molecule has 1 aliphatic rings. The van der Waals surface area contributed by atoms with Crippen LogP contribution in [0.2, 0.25) is 0 Å². The number of nitrogens with zero attached hydrogens (tertiary/aromatic N) is 3. The third-order valence-corrected chi connectivity index (χ3v) is 5.17. The van der Waals surface area contributed by atoms with Crippen LogP contribution < -0.4 is 20.7 Å². The first kappa shape index (κ1) is 26.0. The number of rotatable bonds is 7. The summed E-state index contributed by atoms with van der Waals surface area (Å²) in [7, 11) is 1.61. The van der Waals surface area contributed by atoms with Crippen LogP contribution in [-0.2, 0) is 6.18 Å². The molecule has 0 amide bonds. The van der Waals surface area contributed by atoms with Crippen LogP contribution in [0.5, 0.6) is 5.75 Å². The number of benzene rings is 2. The number of halogens is 4. The lowest BCUT2D eigenvalue weighted by molar-refractivity contribution is -0.137. The Morgan fingerprint density at radius 2 is 1.81 bits per heavy atom. The smallest absolute Gasteiger partial charge is 0.416 e. The van der Waals surface area contributed by atoms with Gasteiger partial charge in [0.25, 0.3) is 0 Å². The van der Waals surface area contributed by atoms with E-state index in [4.69, 9.17) is 10.5 Å². The van der Waals surface area contributed by atoms with Crippen molar-refractivity contribution < 1.29 is 17.9 Å². The molecule has 0 spiro atoms. The number of anilines is 2. The van der Waals surface area contributed by atoms with Gasteiger partial charge in [-0.2, -0.15) is 13.2 Å². The van der Waals surface area contributed by atoms with Crippen LogP contribution in [0.3, 0.4) is 0 Å². The molecule has 2 aromatic carbocycles. The average Bonchev–Trinajstić information content (AvgIpc) is 2.77. The number of hydrogen-bond donors (Lipinski definition) is 2. The van der Waals surface area contributed by atoms with Crippen LogP contribution in [0.1, 0.15) is 12.0 Å². The van der Waals surface area contributed by atoms with Gasteiger partial charge in [0.15, 0.2) is 5.96 Å². The average molecular weight is 563 g/mol. The van der Waals surface area contributed by atoms with Crippen molar-refractivity contribution in [2.45, 2.75) is 12.6 Å². The number of nitrogens with two attached hydrogens (primary N) is 1. The van der Waals surface area contributed by atoms with Crippen LogP contribution >= 0.6 is 24.0 Å². The molecule has 0 bridgehead atoms. The van der Waals surface area contributed by atoms with Crippen molar-refractivity contribution in [2.75, 3.05) is 56.6 Å². The first-order valence-corrected chi connectivity index (χ1v) is 10.2. The molecule has 3 rings (SSSR count). The molecule has 1 fully saturated rings. The number of hydrogen-bond acceptors (Lipinski definition) is 4. The lowest BCUT2D eigenvalue weighted by Crippen LogP contribution is -2.46. The van der Waals surface area contributed by atoms with E-state index in [-0.39, 0.29) is 24.0 Å². The van der Waals surface area contributed by atoms with Gasteiger partial charge in [0.05, 0.1) is 12.7 Å². The molecule has 1 saturated heterocycles. The summed E-state index contributed by atoms with van der Waals surface area (Å²) in [5.41, 5.74) is 6.77. The minimum Gasteiger partial charge on any atom is -0.497 e. The third-order valence-electron chi connectivity index (χ3n) is 5.17. The van der Waals surface area contributed by atoms with Gasteiger partial charge in [-0.05, 0) is 36.8 Å². The number of piperazine rings is 1. The number of alkyl halides is 3. The number of methoxy groups -OCH3 is 1. The molecule has 0 atom stereocenters. The Balaban J connectivity index is 0.00000363. The van der Waals surface area contributed by atoms with Gasteiger partial charge in [0, 0.05) is 56.7 Å². The fraction of sp³-hybridized carbons (Fsp3) is 0.409. The Kier molecular flexibility index (Phi) is 9.88. The molecule has 1 heterocycles. The maximum absolute atomic E-state index is 12.9. The van der Waals surface area contributed by atoms with Crippen molar-refractivity contribution in [1.82, 2.24) is 4.90 Å². The minimum absolute atomic E-state index is 0. The number of nitrogens with one attached hydrogen (secondary N) is 1. The fourth-order valence-corrected chi connectivity index (χ4v) is 3.49. The van der Waals surface area contributed by atoms with E-state index in [0.717, 1.165) is 43.6 Å². The standard InChI is InChI=1S/C22H28F3N5O.HI/c1-31-20-8-3-6-18(16-20)28-21(26)27-9-4-10-29-11-13-30(14-12-29)19-7-2-5-17(15-19)22(23,24)25;/h2-3,5-8,15-16H,4,9-14H2,1H3,(H3,26,27,28);1H. The van der Waals surface area contributed by atoms with Gasteiger partial charge in [-0.3, -0.25) is 9.89 Å². The van der Waals surface area contributed by atoms with Crippen LogP contribution in [0.15, 0.2) is 53.5 Å². The van der Waals surface area contributed by atoms with E-state index in [2.05, 4.69) is 15.2 Å². The quantitative estimate of drug-likeness (QED) is 0.228. The summed E-state index contributed by atoms with van der Waals surface area (Å²) in [5, 5.41) is 3.04. The molecule has 1 aliphatic heterocycles. The minimum atomic E-state index is -4.32. The SMILES string of the molecule is COc1cccc(NC(N)=NCCCN2CCN(c3cccc(C(F)(F)F)c3)CC2)c1.I. The maximum atomic E-state index is 12.9. The molecular weight excluding hydrogens is 534 g/mol. The highest BCUT2D eigenvalue weighted by Crippen LogP contribution is 2.31. The Labute approximate surface area is 203 Å². The second-order valence-corrected chi connectivity index (χ2v) is 7.35. The summed E-state index contributed by atoms with van der Waals surface area (Å²) in [5.74, 6) is 1.09. The van der Waals surface area contributed by atoms with Crippen LogP contribution in [0.25, 0.3) is 0 Å². The van der Waals surface area contributed by atoms with Crippen LogP contribution in [0, 0.1) is 0 Å². The largest absolute Gasteiger partial charge is 0.497 e. The molecule has 0 unspecified atom stereocenters. The summed E-state index contributed by atoms with van der Waals surface area (Å²) in [6.45, 7) is 4.46. The van der Waals surface area contributed by atoms with Crippen molar-refractivity contribution in [3.05, 3.63) is 54.1 Å². The number of guanidine groups is 1. The molecule has 176 valence electrons. The van der Waals surface area contributed by atoms with Crippen molar-refractivity contribution in [1.29, 1.82) is 0 Å². The molecule has 0 radical (unpaired) electrons. The molecular formula is C22H29F3IN5O. The predicted octanol–water partition coefficient (Wildman–Crippen LogP) is 4.27. The van der Waals surface area contributed by atoms with Gasteiger partial charge < -0.3 is 20.7 Å². The zero-order chi connectivity index (χ0) is 22.3. The van der Waals surface area contributed by atoms with E-state index in [1.54, 1.807) is 13.2 Å². The molecule has 10 heteroatoms. The zero-order valence-electron chi connectivity index (χ0n) is 17.9. The maximum Gasteiger partial charge on any atom is 0.416 e. The second kappa shape index (κ2) is 12.1. The molecule has 0 saturated carbocycles. The Morgan fingerprint density at radius 1 is 1.09 bits per heavy atom. The monoisotopic (exact) mass is 563 g/mol. The molecule has 6 nitrogen and oxygen atoms in total. The summed E-state index contributed by atoms with van der Waals surface area (Å²) in [4.78, 5) is 8.65. The summed E-state index contributed by atoms with van der Waals surface area (Å²) < 4.78 is 44.0. The topological polar surface area (TPSA) is 66.1 Å². The van der Waals surface area contributed by atoms with Crippen molar-refractivity contribution in [3.8, 4) is 5.75 Å². The predicted molar refractivity (Wildman–Crippen MR) is 133 cm³/mol. The van der Waals surface area contributed by atoms with Gasteiger partial charge in [-0.1, -0.05) is 12.1 Å². The molecule has 0 aliphatic carbocycles. The highest BCUT2D eigenvalue weighted by Gasteiger charge is 2.31. The Bertz CT molecular complexity index is 886. The van der Waals surface area contributed by atoms with Crippen LogP contribution in [0.4, 0.5) is 24.5 Å². The lowest BCUT2D eigenvalue weighted by atomic mass is 10.1. The Morgan fingerprint density at radius 3 is 2.50 bits per heavy atom. The van der Waals surface area contributed by atoms with Crippen LogP contribution in [-0.4, -0.2) is 57.2 Å². The summed E-state index contributed by atoms with van der Waals surface area (Å²) >= 11 is 0. The van der Waals surface area contributed by atoms with E-state index >= 15 is 0 Å². The van der Waals surface area contributed by atoms with E-state index in [9.17, 15) is 13.2 Å². The summed E-state index contributed by atoms with van der Waals surface area (Å²) in [6.07, 6.45) is -3.47. The van der Waals surface area contributed by atoms with Gasteiger partial charge in [0.1, 0.15) is 5.75 Å². The van der Waals surface area contributed by atoms with Crippen molar-refractivity contribution in [2.24, 2.45) is 10.7 Å². The first-order valence-electron chi connectivity index (χ1n) is 10.2. The number of aliphatic imine (C=N–C) groups is 1. The molecule has 2 aromatic rings. The first-order chi connectivity index (χ1) is 14.8.